The maximum absolute atomic E-state index is 5.47. The van der Waals surface area contributed by atoms with Crippen LogP contribution in [0.15, 0.2) is 29.0 Å². The number of nitrogens with zero attached hydrogens (tertiary/aromatic N) is 3. The quantitative estimate of drug-likeness (QED) is 0.892. The fraction of sp³-hybridized carbons (Fsp3) is 0.500. The number of aromatic nitrogens is 3. The Morgan fingerprint density at radius 2 is 2.11 bits per heavy atom. The summed E-state index contributed by atoms with van der Waals surface area (Å²) in [7, 11) is 0. The molecule has 1 aliphatic heterocycles. The standard InChI is InChI=1S/C14H16N4O/c1-2-10-8-16-12(11(10)3-1)14-17-13(18-19-14)9-4-6-15-7-5-9/h4-7,10-12,16H,1-3,8H2. The molecule has 0 spiro atoms. The van der Waals surface area contributed by atoms with Gasteiger partial charge in [-0.05, 0) is 43.4 Å². The van der Waals surface area contributed by atoms with Gasteiger partial charge in [-0.1, -0.05) is 11.6 Å². The van der Waals surface area contributed by atoms with Crippen LogP contribution in [0.1, 0.15) is 31.2 Å². The molecule has 1 saturated heterocycles. The monoisotopic (exact) mass is 256 g/mol. The van der Waals surface area contributed by atoms with Gasteiger partial charge in [0.2, 0.25) is 11.7 Å². The van der Waals surface area contributed by atoms with Crippen LogP contribution in [-0.4, -0.2) is 21.7 Å². The van der Waals surface area contributed by atoms with Gasteiger partial charge in [0.05, 0.1) is 6.04 Å². The lowest BCUT2D eigenvalue weighted by molar-refractivity contribution is 0.302. The molecule has 2 fully saturated rings. The summed E-state index contributed by atoms with van der Waals surface area (Å²) in [5.41, 5.74) is 0.950. The Morgan fingerprint density at radius 1 is 1.21 bits per heavy atom. The van der Waals surface area contributed by atoms with Crippen LogP contribution < -0.4 is 5.32 Å². The average molecular weight is 256 g/mol. The smallest absolute Gasteiger partial charge is 0.244 e. The van der Waals surface area contributed by atoms with Crippen molar-refractivity contribution in [2.75, 3.05) is 6.54 Å². The van der Waals surface area contributed by atoms with Gasteiger partial charge in [0, 0.05) is 18.0 Å². The van der Waals surface area contributed by atoms with E-state index < -0.39 is 0 Å². The third-order valence-corrected chi connectivity index (χ3v) is 4.39. The Balaban J connectivity index is 1.62. The van der Waals surface area contributed by atoms with E-state index in [1.54, 1.807) is 12.4 Å². The zero-order chi connectivity index (χ0) is 12.7. The number of pyridine rings is 1. The first-order valence-corrected chi connectivity index (χ1v) is 6.89. The molecule has 2 aliphatic rings. The van der Waals surface area contributed by atoms with E-state index in [0.717, 1.165) is 23.9 Å². The van der Waals surface area contributed by atoms with Crippen LogP contribution in [0.5, 0.6) is 0 Å². The topological polar surface area (TPSA) is 63.8 Å². The lowest BCUT2D eigenvalue weighted by atomic mass is 9.94. The van der Waals surface area contributed by atoms with E-state index in [1.807, 2.05) is 12.1 Å². The molecular weight excluding hydrogens is 240 g/mol. The van der Waals surface area contributed by atoms with Crippen molar-refractivity contribution in [1.29, 1.82) is 0 Å². The van der Waals surface area contributed by atoms with Crippen LogP contribution in [0.2, 0.25) is 0 Å². The molecule has 3 atom stereocenters. The summed E-state index contributed by atoms with van der Waals surface area (Å²) in [6.07, 6.45) is 7.42. The second-order valence-corrected chi connectivity index (χ2v) is 5.43. The summed E-state index contributed by atoms with van der Waals surface area (Å²) in [6, 6.07) is 4.04. The van der Waals surface area contributed by atoms with Gasteiger partial charge in [-0.2, -0.15) is 4.98 Å². The highest BCUT2D eigenvalue weighted by Gasteiger charge is 2.42. The van der Waals surface area contributed by atoms with E-state index in [2.05, 4.69) is 20.4 Å². The fourth-order valence-electron chi connectivity index (χ4n) is 3.44. The van der Waals surface area contributed by atoms with E-state index in [9.17, 15) is 0 Å². The highest BCUT2D eigenvalue weighted by atomic mass is 16.5. The van der Waals surface area contributed by atoms with Gasteiger partial charge in [-0.25, -0.2) is 0 Å². The normalized spacial score (nSPS) is 29.6. The molecule has 19 heavy (non-hydrogen) atoms. The first-order chi connectivity index (χ1) is 9.42. The lowest BCUT2D eigenvalue weighted by Crippen LogP contribution is -2.18. The van der Waals surface area contributed by atoms with Crippen molar-refractivity contribution in [2.24, 2.45) is 11.8 Å². The highest BCUT2D eigenvalue weighted by molar-refractivity contribution is 5.52. The van der Waals surface area contributed by atoms with E-state index >= 15 is 0 Å². The van der Waals surface area contributed by atoms with Gasteiger partial charge in [0.25, 0.3) is 0 Å². The van der Waals surface area contributed by atoms with Gasteiger partial charge in [-0.15, -0.1) is 0 Å². The molecular formula is C14H16N4O. The second-order valence-electron chi connectivity index (χ2n) is 5.43. The largest absolute Gasteiger partial charge is 0.337 e. The van der Waals surface area contributed by atoms with Crippen molar-refractivity contribution in [1.82, 2.24) is 20.4 Å². The van der Waals surface area contributed by atoms with Crippen molar-refractivity contribution >= 4 is 0 Å². The summed E-state index contributed by atoms with van der Waals surface area (Å²) >= 11 is 0. The van der Waals surface area contributed by atoms with Crippen LogP contribution in [0.3, 0.4) is 0 Å². The van der Waals surface area contributed by atoms with Crippen LogP contribution in [0, 0.1) is 11.8 Å². The highest BCUT2D eigenvalue weighted by Crippen LogP contribution is 2.44. The predicted octanol–water partition coefficient (Wildman–Crippen LogP) is 2.19. The summed E-state index contributed by atoms with van der Waals surface area (Å²) in [5, 5.41) is 7.62. The molecule has 98 valence electrons. The molecule has 0 amide bonds. The summed E-state index contributed by atoms with van der Waals surface area (Å²) in [4.78, 5) is 8.56. The van der Waals surface area contributed by atoms with Crippen LogP contribution in [0.25, 0.3) is 11.4 Å². The first kappa shape index (κ1) is 11.1. The molecule has 3 heterocycles. The Labute approximate surface area is 111 Å². The summed E-state index contributed by atoms with van der Waals surface area (Å²) in [5.74, 6) is 2.86. The van der Waals surface area contributed by atoms with Crippen LogP contribution in [-0.2, 0) is 0 Å². The summed E-state index contributed by atoms with van der Waals surface area (Å²) < 4.78 is 5.47. The minimum absolute atomic E-state index is 0.246. The molecule has 0 bridgehead atoms. The molecule has 0 aromatic carbocycles. The van der Waals surface area contributed by atoms with Crippen molar-refractivity contribution in [2.45, 2.75) is 25.3 Å². The van der Waals surface area contributed by atoms with E-state index in [0.29, 0.717) is 11.7 Å². The van der Waals surface area contributed by atoms with Crippen molar-refractivity contribution in [3.63, 3.8) is 0 Å². The van der Waals surface area contributed by atoms with Gasteiger partial charge >= 0.3 is 0 Å². The number of nitrogens with one attached hydrogen (secondary N) is 1. The minimum atomic E-state index is 0.246. The summed E-state index contributed by atoms with van der Waals surface area (Å²) in [6.45, 7) is 1.09. The molecule has 3 unspecified atom stereocenters. The van der Waals surface area contributed by atoms with Crippen molar-refractivity contribution in [3.8, 4) is 11.4 Å². The fourth-order valence-corrected chi connectivity index (χ4v) is 3.44. The number of fused-ring (bicyclic) bond motifs is 1. The van der Waals surface area contributed by atoms with Gasteiger partial charge in [0.15, 0.2) is 0 Å². The Morgan fingerprint density at radius 3 is 3.00 bits per heavy atom. The van der Waals surface area contributed by atoms with Crippen LogP contribution in [0.4, 0.5) is 0 Å². The van der Waals surface area contributed by atoms with Gasteiger partial charge < -0.3 is 9.84 Å². The number of hydrogen-bond donors (Lipinski definition) is 1. The zero-order valence-electron chi connectivity index (χ0n) is 10.6. The number of hydrogen-bond acceptors (Lipinski definition) is 5. The molecule has 5 nitrogen and oxygen atoms in total. The average Bonchev–Trinajstić information content (AvgIpc) is 3.15. The Kier molecular flexibility index (Phi) is 2.58. The molecule has 1 saturated carbocycles. The molecule has 1 aliphatic carbocycles. The van der Waals surface area contributed by atoms with Gasteiger partial charge in [0.1, 0.15) is 0 Å². The van der Waals surface area contributed by atoms with Crippen molar-refractivity contribution < 1.29 is 4.52 Å². The Bertz CT molecular complexity index is 568. The molecule has 1 N–H and O–H groups in total. The van der Waals surface area contributed by atoms with Crippen molar-refractivity contribution in [3.05, 3.63) is 30.4 Å². The Hall–Kier alpha value is -1.75. The molecule has 2 aromatic rings. The molecule has 0 radical (unpaired) electrons. The van der Waals surface area contributed by atoms with E-state index in [-0.39, 0.29) is 6.04 Å². The van der Waals surface area contributed by atoms with E-state index in [4.69, 9.17) is 4.52 Å². The number of rotatable bonds is 2. The third-order valence-electron chi connectivity index (χ3n) is 4.39. The van der Waals surface area contributed by atoms with Crippen LogP contribution >= 0.6 is 0 Å². The molecule has 2 aromatic heterocycles. The SMILES string of the molecule is c1cc(-c2noc(C3NCC4CCCC43)n2)ccn1. The maximum Gasteiger partial charge on any atom is 0.244 e. The minimum Gasteiger partial charge on any atom is -0.337 e. The first-order valence-electron chi connectivity index (χ1n) is 6.89. The predicted molar refractivity (Wildman–Crippen MR) is 69.1 cm³/mol. The van der Waals surface area contributed by atoms with E-state index in [1.165, 1.54) is 19.3 Å². The van der Waals surface area contributed by atoms with Gasteiger partial charge in [-0.3, -0.25) is 4.98 Å². The molecule has 5 heteroatoms. The second kappa shape index (κ2) is 4.42. The lowest BCUT2D eigenvalue weighted by Gasteiger charge is -2.13. The maximum atomic E-state index is 5.47. The zero-order valence-corrected chi connectivity index (χ0v) is 10.6. The third kappa shape index (κ3) is 1.85. The molecule has 4 rings (SSSR count).